The van der Waals surface area contributed by atoms with E-state index in [0.29, 0.717) is 11.6 Å². The van der Waals surface area contributed by atoms with Gasteiger partial charge in [-0.1, -0.05) is 24.6 Å². The Morgan fingerprint density at radius 2 is 1.87 bits per heavy atom. The molecule has 4 rings (SSSR count). The van der Waals surface area contributed by atoms with Crippen LogP contribution in [0, 0.1) is 17.6 Å². The Morgan fingerprint density at radius 1 is 1.13 bits per heavy atom. The predicted octanol–water partition coefficient (Wildman–Crippen LogP) is 3.27. The number of carbonyl (C=O) groups excluding carboxylic acids is 2. The molecule has 1 heterocycles. The zero-order valence-corrected chi connectivity index (χ0v) is 16.6. The van der Waals surface area contributed by atoms with E-state index in [1.54, 1.807) is 12.1 Å². The van der Waals surface area contributed by atoms with Crippen molar-refractivity contribution in [3.05, 3.63) is 65.2 Å². The second-order valence-corrected chi connectivity index (χ2v) is 8.31. The number of nitrogens with one attached hydrogen (secondary N) is 1. The van der Waals surface area contributed by atoms with Gasteiger partial charge in [0.05, 0.1) is 5.56 Å². The molecule has 0 bridgehead atoms. The van der Waals surface area contributed by atoms with Crippen LogP contribution in [-0.4, -0.2) is 34.2 Å². The third kappa shape index (κ3) is 3.61. The van der Waals surface area contributed by atoms with E-state index in [9.17, 15) is 28.3 Å². The molecule has 31 heavy (non-hydrogen) atoms. The maximum atomic E-state index is 14.0. The number of para-hydroxylation sites is 1. The number of hydrogen-bond acceptors (Lipinski definition) is 5. The maximum absolute atomic E-state index is 14.0. The Labute approximate surface area is 177 Å². The largest absolute Gasteiger partial charge is 0.480 e. The lowest BCUT2D eigenvalue weighted by molar-refractivity contribution is -0.146. The van der Waals surface area contributed by atoms with E-state index in [1.165, 1.54) is 0 Å². The first kappa shape index (κ1) is 21.1. The Hall–Kier alpha value is -3.13. The van der Waals surface area contributed by atoms with Crippen LogP contribution in [0.4, 0.5) is 14.5 Å². The first-order valence-electron chi connectivity index (χ1n) is 10.1. The number of benzene rings is 2. The highest BCUT2D eigenvalue weighted by atomic mass is 19.1. The highest BCUT2D eigenvalue weighted by Gasteiger charge is 2.54. The van der Waals surface area contributed by atoms with Gasteiger partial charge in [0.25, 0.3) is 0 Å². The molecule has 0 spiro atoms. The molecule has 0 radical (unpaired) electrons. The van der Waals surface area contributed by atoms with E-state index >= 15 is 0 Å². The van der Waals surface area contributed by atoms with Crippen molar-refractivity contribution in [3.8, 4) is 0 Å². The highest BCUT2D eigenvalue weighted by molar-refractivity contribution is 6.44. The Balaban J connectivity index is 1.71. The maximum Gasteiger partial charge on any atom is 0.324 e. The number of carboxylic acids is 1. The van der Waals surface area contributed by atoms with Gasteiger partial charge in [-0.05, 0) is 42.5 Å². The summed E-state index contributed by atoms with van der Waals surface area (Å²) >= 11 is 0. The number of Topliss-reactive ketones (excluding diaryl/α,β-unsaturated/α-hetero) is 2. The van der Waals surface area contributed by atoms with Crippen LogP contribution in [0.15, 0.2) is 42.5 Å². The molecule has 0 saturated heterocycles. The minimum absolute atomic E-state index is 0.0162. The molecule has 4 atom stereocenters. The number of halogens is 2. The zero-order valence-electron chi connectivity index (χ0n) is 16.6. The monoisotopic (exact) mass is 428 g/mol. The number of fused-ring (bicyclic) bond motifs is 2. The third-order valence-electron chi connectivity index (χ3n) is 6.47. The average molecular weight is 428 g/mol. The first-order chi connectivity index (χ1) is 14.7. The number of carbonyl (C=O) groups is 3. The number of nitrogens with two attached hydrogens (primary N) is 1. The van der Waals surface area contributed by atoms with Gasteiger partial charge >= 0.3 is 5.97 Å². The van der Waals surface area contributed by atoms with Crippen molar-refractivity contribution in [2.75, 3.05) is 5.32 Å². The summed E-state index contributed by atoms with van der Waals surface area (Å²) in [5.74, 6) is -6.65. The molecule has 2 aliphatic rings. The second-order valence-electron chi connectivity index (χ2n) is 8.31. The molecule has 2 aromatic carbocycles. The topological polar surface area (TPSA) is 109 Å². The Bertz CT molecular complexity index is 1070. The summed E-state index contributed by atoms with van der Waals surface area (Å²) in [6.45, 7) is 0. The van der Waals surface area contributed by atoms with E-state index < -0.39 is 52.6 Å². The van der Waals surface area contributed by atoms with Gasteiger partial charge in [-0.25, -0.2) is 8.78 Å². The SMILES string of the molecule is NC(CC(=O)C(=O)c1ccc(F)cc1F)(C(=O)O)C1c2ccccc2NC2CCCC21. The van der Waals surface area contributed by atoms with Gasteiger partial charge in [-0.3, -0.25) is 14.4 Å². The Kier molecular flexibility index (Phi) is 5.35. The standard InChI is InChI=1S/C23H22F2N2O4/c24-12-8-9-13(16(25)10-12)21(29)19(28)11-23(26,22(30)31)20-14-4-1-2-6-17(14)27-18-7-3-5-15(18)20/h1-2,4,6,8-10,15,18,20,27H,3,5,7,11,26H2,(H,30,31). The normalized spacial score (nSPS) is 23.8. The quantitative estimate of drug-likeness (QED) is 0.481. The molecule has 2 aromatic rings. The van der Waals surface area contributed by atoms with Crippen molar-refractivity contribution in [2.45, 2.75) is 43.2 Å². The fraction of sp³-hybridized carbons (Fsp3) is 0.348. The molecule has 1 aliphatic carbocycles. The van der Waals surface area contributed by atoms with E-state index in [1.807, 2.05) is 12.1 Å². The lowest BCUT2D eigenvalue weighted by Crippen LogP contribution is -2.59. The van der Waals surface area contributed by atoms with Crippen molar-refractivity contribution < 1.29 is 28.3 Å². The Morgan fingerprint density at radius 3 is 2.58 bits per heavy atom. The molecule has 162 valence electrons. The van der Waals surface area contributed by atoms with Crippen LogP contribution in [0.3, 0.4) is 0 Å². The van der Waals surface area contributed by atoms with Crippen LogP contribution in [0.1, 0.15) is 47.5 Å². The van der Waals surface area contributed by atoms with E-state index in [0.717, 1.165) is 37.1 Å². The molecule has 1 saturated carbocycles. The second kappa shape index (κ2) is 7.85. The molecule has 0 amide bonds. The smallest absolute Gasteiger partial charge is 0.324 e. The van der Waals surface area contributed by atoms with Gasteiger partial charge in [-0.15, -0.1) is 0 Å². The highest BCUT2D eigenvalue weighted by Crippen LogP contribution is 2.50. The molecule has 1 fully saturated rings. The van der Waals surface area contributed by atoms with Crippen molar-refractivity contribution >= 4 is 23.2 Å². The molecule has 8 heteroatoms. The minimum Gasteiger partial charge on any atom is -0.480 e. The number of anilines is 1. The molecule has 4 N–H and O–H groups in total. The molecular formula is C23H22F2N2O4. The summed E-state index contributed by atoms with van der Waals surface area (Å²) in [6.07, 6.45) is 1.67. The number of hydrogen-bond donors (Lipinski definition) is 3. The lowest BCUT2D eigenvalue weighted by Gasteiger charge is -2.44. The van der Waals surface area contributed by atoms with Gasteiger partial charge in [0, 0.05) is 30.1 Å². The average Bonchev–Trinajstić information content (AvgIpc) is 3.19. The van der Waals surface area contributed by atoms with Gasteiger partial charge in [-0.2, -0.15) is 0 Å². The predicted molar refractivity (Wildman–Crippen MR) is 109 cm³/mol. The van der Waals surface area contributed by atoms with Crippen LogP contribution in [0.5, 0.6) is 0 Å². The van der Waals surface area contributed by atoms with E-state index in [4.69, 9.17) is 5.73 Å². The van der Waals surface area contributed by atoms with Crippen LogP contribution >= 0.6 is 0 Å². The summed E-state index contributed by atoms with van der Waals surface area (Å²) < 4.78 is 27.2. The van der Waals surface area contributed by atoms with Gasteiger partial charge in [0.2, 0.25) is 11.6 Å². The lowest BCUT2D eigenvalue weighted by atomic mass is 9.66. The first-order valence-corrected chi connectivity index (χ1v) is 10.1. The van der Waals surface area contributed by atoms with Crippen molar-refractivity contribution in [1.29, 1.82) is 0 Å². The molecule has 4 unspecified atom stereocenters. The van der Waals surface area contributed by atoms with Crippen molar-refractivity contribution in [1.82, 2.24) is 0 Å². The number of aliphatic carboxylic acids is 1. The van der Waals surface area contributed by atoms with E-state index in [-0.39, 0.29) is 12.0 Å². The summed E-state index contributed by atoms with van der Waals surface area (Å²) in [4.78, 5) is 37.7. The van der Waals surface area contributed by atoms with Gasteiger partial charge in [0.1, 0.15) is 17.2 Å². The summed E-state index contributed by atoms with van der Waals surface area (Å²) in [5, 5.41) is 13.5. The fourth-order valence-electron chi connectivity index (χ4n) is 5.04. The number of carboxylic acid groups (broad SMARTS) is 1. The van der Waals surface area contributed by atoms with Crippen LogP contribution in [0.2, 0.25) is 0 Å². The molecule has 1 aliphatic heterocycles. The minimum atomic E-state index is -2.06. The molecule has 0 aromatic heterocycles. The zero-order chi connectivity index (χ0) is 22.3. The van der Waals surface area contributed by atoms with Gasteiger partial charge in [0.15, 0.2) is 0 Å². The summed E-state index contributed by atoms with van der Waals surface area (Å²) in [7, 11) is 0. The van der Waals surface area contributed by atoms with Crippen LogP contribution in [-0.2, 0) is 9.59 Å². The summed E-state index contributed by atoms with van der Waals surface area (Å²) in [6, 6.07) is 9.45. The van der Waals surface area contributed by atoms with E-state index in [2.05, 4.69) is 5.32 Å². The fourth-order valence-corrected chi connectivity index (χ4v) is 5.04. The van der Waals surface area contributed by atoms with Crippen molar-refractivity contribution in [3.63, 3.8) is 0 Å². The number of ketones is 2. The van der Waals surface area contributed by atoms with Crippen molar-refractivity contribution in [2.24, 2.45) is 11.7 Å². The number of rotatable bonds is 6. The summed E-state index contributed by atoms with van der Waals surface area (Å²) in [5.41, 5.74) is 5.19. The van der Waals surface area contributed by atoms with Crippen LogP contribution < -0.4 is 11.1 Å². The third-order valence-corrected chi connectivity index (χ3v) is 6.47. The van der Waals surface area contributed by atoms with Gasteiger partial charge < -0.3 is 16.2 Å². The molecule has 6 nitrogen and oxygen atoms in total. The van der Waals surface area contributed by atoms with Crippen LogP contribution in [0.25, 0.3) is 0 Å². The molecular weight excluding hydrogens is 406 g/mol.